The molecule has 0 saturated carbocycles. The van der Waals surface area contributed by atoms with Crippen LogP contribution in [0, 0.1) is 5.92 Å². The van der Waals surface area contributed by atoms with Crippen molar-refractivity contribution in [2.45, 2.75) is 76.0 Å². The van der Waals surface area contributed by atoms with Crippen molar-refractivity contribution in [3.05, 3.63) is 144 Å². The third-order valence-corrected chi connectivity index (χ3v) is 13.6. The van der Waals surface area contributed by atoms with Crippen LogP contribution < -0.4 is 0 Å². The molecule has 1 unspecified atom stereocenters. The van der Waals surface area contributed by atoms with E-state index in [0.717, 1.165) is 142 Å². The first-order chi connectivity index (χ1) is 30.1. The Kier molecular flexibility index (Phi) is 11.4. The summed E-state index contributed by atoms with van der Waals surface area (Å²) in [7, 11) is 0. The fourth-order valence-corrected chi connectivity index (χ4v) is 10.4. The maximum absolute atomic E-state index is 14.4. The number of hydrogen-bond acceptors (Lipinski definition) is 6. The van der Waals surface area contributed by atoms with Crippen molar-refractivity contribution in [1.82, 2.24) is 39.5 Å². The van der Waals surface area contributed by atoms with Gasteiger partial charge in [-0.2, -0.15) is 0 Å². The predicted octanol–water partition coefficient (Wildman–Crippen LogP) is 9.21. The topological polar surface area (TPSA) is 104 Å². The van der Waals surface area contributed by atoms with Gasteiger partial charge in [-0.25, -0.2) is 9.97 Å². The van der Waals surface area contributed by atoms with E-state index in [0.29, 0.717) is 0 Å². The normalized spacial score (nSPS) is 21.6. The van der Waals surface area contributed by atoms with Crippen molar-refractivity contribution in [3.8, 4) is 33.6 Å². The Morgan fingerprint density at radius 1 is 0.574 bits per heavy atom. The molecule has 312 valence electrons. The summed E-state index contributed by atoms with van der Waals surface area (Å²) < 4.78 is 0. The third-order valence-electron chi connectivity index (χ3n) is 13.6. The monoisotopic (exact) mass is 812 g/mol. The van der Waals surface area contributed by atoms with Crippen molar-refractivity contribution >= 4 is 11.8 Å². The van der Waals surface area contributed by atoms with Gasteiger partial charge in [0.2, 0.25) is 11.8 Å². The molecule has 10 heteroatoms. The number of nitrogens with zero attached hydrogens (tertiary/aromatic N) is 6. The molecule has 61 heavy (non-hydrogen) atoms. The number of carbonyl (C=O) groups excluding carboxylic acids is 2. The van der Waals surface area contributed by atoms with Crippen LogP contribution in [0.3, 0.4) is 0 Å². The van der Waals surface area contributed by atoms with Crippen LogP contribution in [-0.2, 0) is 16.1 Å². The highest BCUT2D eigenvalue weighted by Crippen LogP contribution is 2.38. The zero-order valence-corrected chi connectivity index (χ0v) is 35.0. The van der Waals surface area contributed by atoms with E-state index in [2.05, 4.69) is 114 Å². The second kappa shape index (κ2) is 17.6. The summed E-state index contributed by atoms with van der Waals surface area (Å²) in [5.74, 6) is 2.24. The van der Waals surface area contributed by atoms with Crippen molar-refractivity contribution in [3.63, 3.8) is 0 Å². The minimum absolute atomic E-state index is 0.0100. The van der Waals surface area contributed by atoms with Crippen molar-refractivity contribution in [1.29, 1.82) is 0 Å². The van der Waals surface area contributed by atoms with Gasteiger partial charge in [0.15, 0.2) is 0 Å². The highest BCUT2D eigenvalue weighted by molar-refractivity contribution is 5.84. The van der Waals surface area contributed by atoms with Crippen LogP contribution in [-0.4, -0.2) is 90.6 Å². The molecule has 10 nitrogen and oxygen atoms in total. The van der Waals surface area contributed by atoms with E-state index < -0.39 is 0 Å². The number of H-pyrrole nitrogens is 2. The van der Waals surface area contributed by atoms with Crippen molar-refractivity contribution < 1.29 is 9.59 Å². The third kappa shape index (κ3) is 8.31. The Labute approximate surface area is 359 Å². The molecule has 0 aliphatic carbocycles. The van der Waals surface area contributed by atoms with Gasteiger partial charge in [-0.3, -0.25) is 19.4 Å². The maximum atomic E-state index is 14.4. The average molecular weight is 813 g/mol. The van der Waals surface area contributed by atoms with Gasteiger partial charge < -0.3 is 19.8 Å². The van der Waals surface area contributed by atoms with Crippen LogP contribution in [0.5, 0.6) is 0 Å². The minimum Gasteiger partial charge on any atom is -0.340 e. The maximum Gasteiger partial charge on any atom is 0.245 e. The molecule has 4 aliphatic rings. The molecule has 4 saturated heterocycles. The highest BCUT2D eigenvalue weighted by Gasteiger charge is 2.40. The number of rotatable bonds is 11. The lowest BCUT2D eigenvalue weighted by molar-refractivity contribution is -0.139. The smallest absolute Gasteiger partial charge is 0.245 e. The number of piperidine rings is 1. The molecule has 2 N–H and O–H groups in total. The number of hydrogen-bond donors (Lipinski definition) is 2. The molecule has 2 aromatic heterocycles. The molecule has 2 amide bonds. The van der Waals surface area contributed by atoms with Gasteiger partial charge in [0.1, 0.15) is 17.7 Å². The van der Waals surface area contributed by atoms with Gasteiger partial charge in [0.05, 0.1) is 41.8 Å². The van der Waals surface area contributed by atoms with E-state index in [1.54, 1.807) is 0 Å². The average Bonchev–Trinajstić information content (AvgIpc) is 4.18. The van der Waals surface area contributed by atoms with Gasteiger partial charge in [-0.15, -0.1) is 0 Å². The van der Waals surface area contributed by atoms with Gasteiger partial charge in [-0.05, 0) is 98.0 Å². The molecule has 0 radical (unpaired) electrons. The molecular weight excluding hydrogens is 757 g/mol. The van der Waals surface area contributed by atoms with E-state index in [1.165, 1.54) is 12.0 Å². The summed E-state index contributed by atoms with van der Waals surface area (Å²) in [6, 6.07) is 37.7. The molecule has 4 fully saturated rings. The van der Waals surface area contributed by atoms with Crippen LogP contribution in [0.15, 0.2) is 122 Å². The first kappa shape index (κ1) is 39.3. The van der Waals surface area contributed by atoms with E-state index in [9.17, 15) is 9.59 Å². The fraction of sp³-hybridized carbons (Fsp3) is 0.373. The van der Waals surface area contributed by atoms with Crippen LogP contribution in [0.25, 0.3) is 33.6 Å². The number of benzene rings is 4. The molecular formula is C51H56N8O2. The fourth-order valence-electron chi connectivity index (χ4n) is 10.4. The molecule has 4 aliphatic heterocycles. The summed E-state index contributed by atoms with van der Waals surface area (Å²) in [5.41, 5.74) is 8.69. The minimum atomic E-state index is -0.255. The van der Waals surface area contributed by atoms with E-state index in [-0.39, 0.29) is 35.9 Å². The van der Waals surface area contributed by atoms with Crippen LogP contribution >= 0.6 is 0 Å². The summed E-state index contributed by atoms with van der Waals surface area (Å²) in [5, 5.41) is 0. The number of aromatic nitrogens is 4. The Hall–Kier alpha value is -5.84. The standard InChI is InChI=1S/C51H56N8O2/c60-50(42-26-31-56(35-42)34-36-12-4-1-5-13-36)58-29-10-16-45(58)48-52-32-43(54-48)39-22-18-37(19-23-39)38-20-24-40(25-21-38)44-33-53-49(55-44)46-17-11-30-59(46)51(61)47(41-14-6-2-7-15-41)57-27-8-3-9-28-57/h1-2,4-7,12-15,18-25,32-33,42,45-47H,3,8-11,16-17,26-31,34-35H2,(H,52,54)(H,53,55)/t42-,45-,46-,47?/m0/s1. The second-order valence-corrected chi connectivity index (χ2v) is 17.5. The van der Waals surface area contributed by atoms with Crippen molar-refractivity contribution in [2.75, 3.05) is 39.3 Å². The zero-order chi connectivity index (χ0) is 41.1. The van der Waals surface area contributed by atoms with Crippen molar-refractivity contribution in [2.24, 2.45) is 5.92 Å². The number of likely N-dealkylation sites (tertiary alicyclic amines) is 4. The first-order valence-corrected chi connectivity index (χ1v) is 22.5. The summed E-state index contributed by atoms with van der Waals surface area (Å²) in [6.07, 6.45) is 12.0. The molecule has 4 atom stereocenters. The molecule has 4 aromatic carbocycles. The number of aromatic amines is 2. The molecule has 0 spiro atoms. The lowest BCUT2D eigenvalue weighted by Crippen LogP contribution is -2.44. The zero-order valence-electron chi connectivity index (χ0n) is 35.0. The lowest BCUT2D eigenvalue weighted by Gasteiger charge is -2.37. The van der Waals surface area contributed by atoms with Gasteiger partial charge >= 0.3 is 0 Å². The SMILES string of the molecule is O=C(C(c1ccccc1)N1CCCCC1)N1CCC[C@H]1c1ncc(-c2ccc(-c3ccc(-c4cnc([C@@H]5CCCN5C(=O)[C@H]5CCN(Cc6ccccc6)C5)[nH]4)cc3)cc2)[nH]1. The number of amides is 2. The molecule has 10 rings (SSSR count). The van der Waals surface area contributed by atoms with Crippen LogP contribution in [0.1, 0.15) is 92.3 Å². The number of carbonyl (C=O) groups is 2. The molecule has 6 aromatic rings. The molecule has 6 heterocycles. The number of imidazole rings is 2. The highest BCUT2D eigenvalue weighted by atomic mass is 16.2. The first-order valence-electron chi connectivity index (χ1n) is 22.5. The molecule has 0 bridgehead atoms. The number of nitrogens with one attached hydrogen (secondary N) is 2. The Morgan fingerprint density at radius 2 is 1.11 bits per heavy atom. The summed E-state index contributed by atoms with van der Waals surface area (Å²) >= 11 is 0. The van der Waals surface area contributed by atoms with Crippen LogP contribution in [0.2, 0.25) is 0 Å². The van der Waals surface area contributed by atoms with E-state index >= 15 is 0 Å². The Balaban J connectivity index is 0.775. The van der Waals surface area contributed by atoms with Gasteiger partial charge in [0.25, 0.3) is 0 Å². The summed E-state index contributed by atoms with van der Waals surface area (Å²) in [4.78, 5) is 54.0. The largest absolute Gasteiger partial charge is 0.340 e. The Morgan fingerprint density at radius 3 is 1.72 bits per heavy atom. The predicted molar refractivity (Wildman–Crippen MR) is 239 cm³/mol. The van der Waals surface area contributed by atoms with Gasteiger partial charge in [-0.1, -0.05) is 116 Å². The lowest BCUT2D eigenvalue weighted by atomic mass is 10.00. The van der Waals surface area contributed by atoms with E-state index in [4.69, 9.17) is 9.97 Å². The summed E-state index contributed by atoms with van der Waals surface area (Å²) in [6.45, 7) is 6.13. The van der Waals surface area contributed by atoms with Crippen LogP contribution in [0.4, 0.5) is 0 Å². The second-order valence-electron chi connectivity index (χ2n) is 17.5. The van der Waals surface area contributed by atoms with E-state index in [1.807, 2.05) is 36.7 Å². The Bertz CT molecular complexity index is 2400. The quantitative estimate of drug-likeness (QED) is 0.135. The van der Waals surface area contributed by atoms with Gasteiger partial charge in [0, 0.05) is 26.2 Å².